The minimum Gasteiger partial charge on any atom is -0.496 e. The Morgan fingerprint density at radius 3 is 2.71 bits per heavy atom. The van der Waals surface area contributed by atoms with Crippen LogP contribution in [0.25, 0.3) is 0 Å². The molecule has 0 bridgehead atoms. The largest absolute Gasteiger partial charge is 0.496 e. The zero-order valence-corrected chi connectivity index (χ0v) is 11.2. The topological polar surface area (TPSA) is 55.5 Å². The summed E-state index contributed by atoms with van der Waals surface area (Å²) >= 11 is 1.77. The van der Waals surface area contributed by atoms with Crippen LogP contribution in [-0.4, -0.2) is 30.6 Å². The standard InChI is InChI=1S/C13H21NO2S/c1-10(14)13(17-9-5-8-15)11-6-3-4-7-12(11)16-2/h3-4,6-7,10,13,15H,5,8-9,14H2,1-2H3. The molecule has 0 aliphatic carbocycles. The van der Waals surface area contributed by atoms with E-state index in [2.05, 4.69) is 6.07 Å². The van der Waals surface area contributed by atoms with Gasteiger partial charge in [0.15, 0.2) is 0 Å². The highest BCUT2D eigenvalue weighted by Crippen LogP contribution is 2.36. The summed E-state index contributed by atoms with van der Waals surface area (Å²) in [5.74, 6) is 1.78. The van der Waals surface area contributed by atoms with Crippen molar-refractivity contribution in [3.63, 3.8) is 0 Å². The smallest absolute Gasteiger partial charge is 0.123 e. The van der Waals surface area contributed by atoms with Crippen molar-refractivity contribution >= 4 is 11.8 Å². The molecule has 0 aliphatic heterocycles. The monoisotopic (exact) mass is 255 g/mol. The van der Waals surface area contributed by atoms with E-state index in [1.165, 1.54) is 0 Å². The molecule has 0 radical (unpaired) electrons. The van der Waals surface area contributed by atoms with Gasteiger partial charge in [-0.05, 0) is 25.2 Å². The highest BCUT2D eigenvalue weighted by molar-refractivity contribution is 7.99. The van der Waals surface area contributed by atoms with E-state index in [-0.39, 0.29) is 17.9 Å². The Hall–Kier alpha value is -0.710. The van der Waals surface area contributed by atoms with Gasteiger partial charge in [0.1, 0.15) is 5.75 Å². The molecular weight excluding hydrogens is 234 g/mol. The fraction of sp³-hybridized carbons (Fsp3) is 0.538. The van der Waals surface area contributed by atoms with Crippen LogP contribution in [0.3, 0.4) is 0 Å². The Labute approximate surface area is 107 Å². The van der Waals surface area contributed by atoms with E-state index in [1.807, 2.05) is 25.1 Å². The molecule has 0 heterocycles. The van der Waals surface area contributed by atoms with Crippen molar-refractivity contribution in [2.75, 3.05) is 19.5 Å². The van der Waals surface area contributed by atoms with Crippen molar-refractivity contribution in [3.8, 4) is 5.75 Å². The third-order valence-electron chi connectivity index (χ3n) is 2.52. The van der Waals surface area contributed by atoms with Crippen LogP contribution < -0.4 is 10.5 Å². The zero-order chi connectivity index (χ0) is 12.7. The molecule has 96 valence electrons. The fourth-order valence-electron chi connectivity index (χ4n) is 1.70. The van der Waals surface area contributed by atoms with Crippen LogP contribution >= 0.6 is 11.8 Å². The Kier molecular flexibility index (Phi) is 6.40. The highest BCUT2D eigenvalue weighted by atomic mass is 32.2. The van der Waals surface area contributed by atoms with Gasteiger partial charge in [0.25, 0.3) is 0 Å². The molecule has 0 spiro atoms. The number of hydrogen-bond donors (Lipinski definition) is 2. The predicted molar refractivity (Wildman–Crippen MR) is 73.5 cm³/mol. The summed E-state index contributed by atoms with van der Waals surface area (Å²) in [5.41, 5.74) is 7.17. The van der Waals surface area contributed by atoms with E-state index in [0.717, 1.165) is 23.5 Å². The minimum atomic E-state index is 0.0509. The number of methoxy groups -OCH3 is 1. The molecule has 2 atom stereocenters. The molecule has 0 amide bonds. The van der Waals surface area contributed by atoms with Gasteiger partial charge in [-0.25, -0.2) is 0 Å². The molecule has 0 aliphatic rings. The second-order valence-electron chi connectivity index (χ2n) is 3.97. The van der Waals surface area contributed by atoms with Gasteiger partial charge in [-0.1, -0.05) is 18.2 Å². The number of nitrogens with two attached hydrogens (primary N) is 1. The molecule has 17 heavy (non-hydrogen) atoms. The minimum absolute atomic E-state index is 0.0509. The Balaban J connectivity index is 2.81. The molecule has 2 unspecified atom stereocenters. The van der Waals surface area contributed by atoms with Gasteiger partial charge >= 0.3 is 0 Å². The molecule has 4 heteroatoms. The average molecular weight is 255 g/mol. The van der Waals surface area contributed by atoms with E-state index in [0.29, 0.717) is 0 Å². The van der Waals surface area contributed by atoms with E-state index in [1.54, 1.807) is 18.9 Å². The van der Waals surface area contributed by atoms with Gasteiger partial charge in [-0.15, -0.1) is 0 Å². The molecule has 0 saturated heterocycles. The van der Waals surface area contributed by atoms with E-state index < -0.39 is 0 Å². The van der Waals surface area contributed by atoms with Crippen LogP contribution in [0.4, 0.5) is 0 Å². The number of ether oxygens (including phenoxy) is 1. The van der Waals surface area contributed by atoms with Crippen molar-refractivity contribution in [1.29, 1.82) is 0 Å². The summed E-state index contributed by atoms with van der Waals surface area (Å²) in [6.45, 7) is 2.23. The molecule has 3 N–H and O–H groups in total. The summed E-state index contributed by atoms with van der Waals surface area (Å²) in [6, 6.07) is 8.02. The summed E-state index contributed by atoms with van der Waals surface area (Å²) in [6.07, 6.45) is 0.795. The first-order valence-corrected chi connectivity index (χ1v) is 6.86. The third kappa shape index (κ3) is 4.22. The van der Waals surface area contributed by atoms with Crippen LogP contribution in [0, 0.1) is 0 Å². The van der Waals surface area contributed by atoms with Crippen LogP contribution in [0.5, 0.6) is 5.75 Å². The third-order valence-corrected chi connectivity index (χ3v) is 4.09. The maximum atomic E-state index is 8.82. The lowest BCUT2D eigenvalue weighted by Crippen LogP contribution is -2.23. The van der Waals surface area contributed by atoms with Crippen molar-refractivity contribution in [1.82, 2.24) is 0 Å². The number of para-hydroxylation sites is 1. The molecule has 0 aromatic heterocycles. The van der Waals surface area contributed by atoms with Crippen molar-refractivity contribution in [3.05, 3.63) is 29.8 Å². The Morgan fingerprint density at radius 2 is 2.12 bits per heavy atom. The van der Waals surface area contributed by atoms with Crippen molar-refractivity contribution < 1.29 is 9.84 Å². The van der Waals surface area contributed by atoms with Gasteiger partial charge in [0.05, 0.1) is 7.11 Å². The molecule has 0 fully saturated rings. The Morgan fingerprint density at radius 1 is 1.41 bits per heavy atom. The summed E-state index contributed by atoms with van der Waals surface area (Å²) < 4.78 is 5.36. The van der Waals surface area contributed by atoms with E-state index in [9.17, 15) is 0 Å². The van der Waals surface area contributed by atoms with Gasteiger partial charge in [0, 0.05) is 23.5 Å². The quantitative estimate of drug-likeness (QED) is 0.733. The first-order chi connectivity index (χ1) is 8.20. The van der Waals surface area contributed by atoms with Crippen molar-refractivity contribution in [2.45, 2.75) is 24.6 Å². The van der Waals surface area contributed by atoms with Gasteiger partial charge in [-0.2, -0.15) is 11.8 Å². The molecule has 1 aromatic carbocycles. The first kappa shape index (κ1) is 14.4. The van der Waals surface area contributed by atoms with E-state index in [4.69, 9.17) is 15.6 Å². The molecule has 3 nitrogen and oxygen atoms in total. The second-order valence-corrected chi connectivity index (χ2v) is 5.22. The Bertz CT molecular complexity index is 331. The van der Waals surface area contributed by atoms with Gasteiger partial charge in [-0.3, -0.25) is 0 Å². The van der Waals surface area contributed by atoms with E-state index >= 15 is 0 Å². The lowest BCUT2D eigenvalue weighted by molar-refractivity contribution is 0.296. The second kappa shape index (κ2) is 7.58. The number of thioether (sulfide) groups is 1. The summed E-state index contributed by atoms with van der Waals surface area (Å²) in [4.78, 5) is 0. The number of aliphatic hydroxyl groups is 1. The highest BCUT2D eigenvalue weighted by Gasteiger charge is 2.19. The number of aliphatic hydroxyl groups excluding tert-OH is 1. The maximum absolute atomic E-state index is 8.82. The molecule has 1 aromatic rings. The van der Waals surface area contributed by atoms with Crippen molar-refractivity contribution in [2.24, 2.45) is 5.73 Å². The normalized spacial score (nSPS) is 14.4. The van der Waals surface area contributed by atoms with Crippen LogP contribution in [0.2, 0.25) is 0 Å². The van der Waals surface area contributed by atoms with Gasteiger partial charge in [0.2, 0.25) is 0 Å². The molecular formula is C13H21NO2S. The number of hydrogen-bond acceptors (Lipinski definition) is 4. The lowest BCUT2D eigenvalue weighted by Gasteiger charge is -2.22. The predicted octanol–water partition coefficient (Wildman–Crippen LogP) is 2.20. The zero-order valence-electron chi connectivity index (χ0n) is 10.4. The van der Waals surface area contributed by atoms with Crippen LogP contribution in [0.15, 0.2) is 24.3 Å². The number of benzene rings is 1. The SMILES string of the molecule is COc1ccccc1C(SCCCO)C(C)N. The van der Waals surface area contributed by atoms with Gasteiger partial charge < -0.3 is 15.6 Å². The van der Waals surface area contributed by atoms with Crippen LogP contribution in [0.1, 0.15) is 24.2 Å². The maximum Gasteiger partial charge on any atom is 0.123 e. The average Bonchev–Trinajstić information content (AvgIpc) is 2.34. The van der Waals surface area contributed by atoms with Crippen LogP contribution in [-0.2, 0) is 0 Å². The first-order valence-electron chi connectivity index (χ1n) is 5.81. The summed E-state index contributed by atoms with van der Waals surface area (Å²) in [7, 11) is 1.68. The molecule has 1 rings (SSSR count). The number of rotatable bonds is 7. The lowest BCUT2D eigenvalue weighted by atomic mass is 10.1. The fourth-order valence-corrected chi connectivity index (χ4v) is 2.93. The summed E-state index contributed by atoms with van der Waals surface area (Å²) in [5, 5.41) is 9.03. The molecule has 0 saturated carbocycles.